The number of carboxylic acids is 1. The second-order valence-electron chi connectivity index (χ2n) is 5.09. The lowest BCUT2D eigenvalue weighted by Crippen LogP contribution is -2.47. The summed E-state index contributed by atoms with van der Waals surface area (Å²) in [4.78, 5) is 24.5. The molecule has 0 aliphatic carbocycles. The first kappa shape index (κ1) is 16.9. The minimum atomic E-state index is -3.19. The molecule has 0 saturated carbocycles. The number of rotatable bonds is 6. The third kappa shape index (κ3) is 4.45. The van der Waals surface area contributed by atoms with Gasteiger partial charge in [-0.25, -0.2) is 13.2 Å². The molecule has 1 aliphatic rings. The summed E-state index contributed by atoms with van der Waals surface area (Å²) in [6.45, 7) is 3.76. The largest absolute Gasteiger partial charge is 0.479 e. The Labute approximate surface area is 118 Å². The van der Waals surface area contributed by atoms with Crippen LogP contribution in [0.2, 0.25) is 0 Å². The molecule has 0 aromatic heterocycles. The Morgan fingerprint density at radius 3 is 2.30 bits per heavy atom. The highest BCUT2D eigenvalue weighted by Gasteiger charge is 2.37. The first-order chi connectivity index (χ1) is 9.15. The van der Waals surface area contributed by atoms with Gasteiger partial charge in [0.25, 0.3) is 5.91 Å². The lowest BCUT2D eigenvalue weighted by Gasteiger charge is -2.29. The Hall–Kier alpha value is -1.15. The molecule has 1 rings (SSSR count). The maximum atomic E-state index is 12.3. The zero-order chi connectivity index (χ0) is 15.5. The fourth-order valence-corrected chi connectivity index (χ4v) is 3.45. The van der Waals surface area contributed by atoms with Crippen molar-refractivity contribution in [2.45, 2.75) is 44.9 Å². The van der Waals surface area contributed by atoms with Gasteiger partial charge in [0.05, 0.1) is 5.75 Å². The van der Waals surface area contributed by atoms with E-state index in [4.69, 9.17) is 9.84 Å². The Morgan fingerprint density at radius 2 is 1.90 bits per heavy atom. The van der Waals surface area contributed by atoms with Gasteiger partial charge in [0.15, 0.2) is 6.10 Å². The fourth-order valence-electron chi connectivity index (χ4n) is 2.40. The molecule has 3 atom stereocenters. The van der Waals surface area contributed by atoms with Crippen LogP contribution in [0.3, 0.4) is 0 Å². The summed E-state index contributed by atoms with van der Waals surface area (Å²) in [7, 11) is -3.19. The number of ether oxygens (including phenoxy) is 1. The molecule has 116 valence electrons. The van der Waals surface area contributed by atoms with E-state index in [-0.39, 0.29) is 11.7 Å². The first-order valence-electron chi connectivity index (χ1n) is 6.52. The minimum absolute atomic E-state index is 0.123. The summed E-state index contributed by atoms with van der Waals surface area (Å²) in [5.41, 5.74) is 0. The molecule has 1 aliphatic heterocycles. The highest BCUT2D eigenvalue weighted by Crippen LogP contribution is 2.22. The van der Waals surface area contributed by atoms with Gasteiger partial charge in [-0.2, -0.15) is 0 Å². The fraction of sp³-hybridized carbons (Fsp3) is 0.833. The highest BCUT2D eigenvalue weighted by atomic mass is 32.2. The first-order valence-corrected chi connectivity index (χ1v) is 8.58. The molecule has 1 N–H and O–H groups in total. The van der Waals surface area contributed by atoms with Crippen LogP contribution >= 0.6 is 0 Å². The van der Waals surface area contributed by atoms with Crippen molar-refractivity contribution in [1.29, 1.82) is 0 Å². The van der Waals surface area contributed by atoms with E-state index in [2.05, 4.69) is 0 Å². The van der Waals surface area contributed by atoms with Crippen LogP contribution in [-0.4, -0.2) is 67.1 Å². The molecule has 0 aromatic carbocycles. The summed E-state index contributed by atoms with van der Waals surface area (Å²) in [6.07, 6.45) is 0.0154. The number of amides is 1. The van der Waals surface area contributed by atoms with Crippen LogP contribution in [0.1, 0.15) is 26.7 Å². The maximum absolute atomic E-state index is 12.3. The number of carbonyl (C=O) groups excluding carboxylic acids is 1. The number of hydrogen-bond acceptors (Lipinski definition) is 5. The van der Waals surface area contributed by atoms with Crippen LogP contribution in [0, 0.1) is 0 Å². The van der Waals surface area contributed by atoms with Crippen molar-refractivity contribution < 1.29 is 27.9 Å². The monoisotopic (exact) mass is 307 g/mol. The number of nitrogens with zero attached hydrogens (tertiary/aromatic N) is 1. The molecule has 1 saturated heterocycles. The van der Waals surface area contributed by atoms with E-state index in [0.717, 1.165) is 6.26 Å². The van der Waals surface area contributed by atoms with E-state index in [1.807, 2.05) is 0 Å². The van der Waals surface area contributed by atoms with Crippen molar-refractivity contribution in [3.8, 4) is 0 Å². The molecular weight excluding hydrogens is 286 g/mol. The van der Waals surface area contributed by atoms with Crippen molar-refractivity contribution in [2.75, 3.05) is 18.6 Å². The molecule has 8 heteroatoms. The molecule has 1 unspecified atom stereocenters. The van der Waals surface area contributed by atoms with Crippen molar-refractivity contribution in [3.63, 3.8) is 0 Å². The molecule has 0 bridgehead atoms. The van der Waals surface area contributed by atoms with Crippen LogP contribution < -0.4 is 0 Å². The van der Waals surface area contributed by atoms with Crippen LogP contribution in [0.25, 0.3) is 0 Å². The average molecular weight is 307 g/mol. The van der Waals surface area contributed by atoms with Crippen LogP contribution in [0.5, 0.6) is 0 Å². The molecule has 0 radical (unpaired) electrons. The van der Waals surface area contributed by atoms with Crippen LogP contribution in [0.4, 0.5) is 0 Å². The highest BCUT2D eigenvalue weighted by molar-refractivity contribution is 7.90. The molecule has 1 fully saturated rings. The normalized spacial score (nSPS) is 24.4. The van der Waals surface area contributed by atoms with Crippen molar-refractivity contribution >= 4 is 21.7 Å². The number of carbonyl (C=O) groups is 2. The zero-order valence-corrected chi connectivity index (χ0v) is 12.7. The Morgan fingerprint density at radius 1 is 1.35 bits per heavy atom. The van der Waals surface area contributed by atoms with E-state index >= 15 is 0 Å². The quantitative estimate of drug-likeness (QED) is 0.735. The molecule has 1 heterocycles. The predicted molar refractivity (Wildman–Crippen MR) is 72.1 cm³/mol. The van der Waals surface area contributed by atoms with Gasteiger partial charge in [0.1, 0.15) is 15.9 Å². The summed E-state index contributed by atoms with van der Waals surface area (Å²) in [5.74, 6) is -1.54. The summed E-state index contributed by atoms with van der Waals surface area (Å²) < 4.78 is 27.8. The third-order valence-corrected chi connectivity index (χ3v) is 4.36. The topological polar surface area (TPSA) is 101 Å². The van der Waals surface area contributed by atoms with Crippen molar-refractivity contribution in [3.05, 3.63) is 0 Å². The number of likely N-dealkylation sites (N-methyl/N-ethyl adjacent to an activating group) is 1. The Kier molecular flexibility index (Phi) is 5.52. The number of carboxylic acid groups (broad SMARTS) is 1. The molecule has 1 amide bonds. The SMILES string of the molecule is CCN(C(=O)[C@@H]1CC[C@H](C(=O)O)O1)C(C)CS(C)(=O)=O. The van der Waals surface area contributed by atoms with Crippen molar-refractivity contribution in [2.24, 2.45) is 0 Å². The Bertz CT molecular complexity index is 474. The Balaban J connectivity index is 2.71. The zero-order valence-electron chi connectivity index (χ0n) is 11.9. The minimum Gasteiger partial charge on any atom is -0.479 e. The lowest BCUT2D eigenvalue weighted by atomic mass is 10.1. The summed E-state index contributed by atoms with van der Waals surface area (Å²) in [5, 5.41) is 8.84. The molecule has 0 spiro atoms. The van der Waals surface area contributed by atoms with Gasteiger partial charge in [0, 0.05) is 18.8 Å². The van der Waals surface area contributed by atoms with E-state index in [1.54, 1.807) is 13.8 Å². The number of aliphatic carboxylic acids is 1. The molecular formula is C12H21NO6S. The second-order valence-corrected chi connectivity index (χ2v) is 7.28. The molecule has 20 heavy (non-hydrogen) atoms. The van der Waals surface area contributed by atoms with E-state index in [1.165, 1.54) is 4.90 Å². The third-order valence-electron chi connectivity index (χ3n) is 3.27. The van der Waals surface area contributed by atoms with Gasteiger partial charge in [-0.1, -0.05) is 0 Å². The van der Waals surface area contributed by atoms with Gasteiger partial charge in [0.2, 0.25) is 0 Å². The summed E-state index contributed by atoms with van der Waals surface area (Å²) in [6, 6.07) is -0.463. The smallest absolute Gasteiger partial charge is 0.332 e. The molecule has 7 nitrogen and oxygen atoms in total. The maximum Gasteiger partial charge on any atom is 0.332 e. The summed E-state index contributed by atoms with van der Waals surface area (Å²) >= 11 is 0. The van der Waals surface area contributed by atoms with Crippen LogP contribution in [-0.2, 0) is 24.2 Å². The van der Waals surface area contributed by atoms with Crippen LogP contribution in [0.15, 0.2) is 0 Å². The van der Waals surface area contributed by atoms with Gasteiger partial charge in [-0.3, -0.25) is 4.79 Å². The van der Waals surface area contributed by atoms with Gasteiger partial charge in [-0.15, -0.1) is 0 Å². The van der Waals surface area contributed by atoms with E-state index in [9.17, 15) is 18.0 Å². The van der Waals surface area contributed by atoms with Gasteiger partial charge >= 0.3 is 5.97 Å². The average Bonchev–Trinajstić information content (AvgIpc) is 2.76. The molecule has 0 aromatic rings. The predicted octanol–water partition coefficient (Wildman–Crippen LogP) is -0.0998. The lowest BCUT2D eigenvalue weighted by molar-refractivity contribution is -0.155. The van der Waals surface area contributed by atoms with Gasteiger partial charge < -0.3 is 14.7 Å². The number of sulfone groups is 1. The van der Waals surface area contributed by atoms with E-state index < -0.39 is 34.1 Å². The number of hydrogen-bond donors (Lipinski definition) is 1. The second kappa shape index (κ2) is 6.53. The van der Waals surface area contributed by atoms with Crippen molar-refractivity contribution in [1.82, 2.24) is 4.90 Å². The standard InChI is InChI=1S/C12H21NO6S/c1-4-13(8(2)7-20(3,17)18)11(14)9-5-6-10(19-9)12(15)16/h8-10H,4-7H2,1-3H3,(H,15,16)/t8?,9-,10+/m0/s1. The van der Waals surface area contributed by atoms with E-state index in [0.29, 0.717) is 19.4 Å². The van der Waals surface area contributed by atoms with Gasteiger partial charge in [-0.05, 0) is 26.7 Å².